The molecule has 0 bridgehead atoms. The van der Waals surface area contributed by atoms with Crippen LogP contribution in [0, 0.1) is 5.82 Å². The minimum atomic E-state index is -0.215. The lowest BCUT2D eigenvalue weighted by Gasteiger charge is -2.01. The van der Waals surface area contributed by atoms with E-state index in [4.69, 9.17) is 11.6 Å². The van der Waals surface area contributed by atoms with Gasteiger partial charge in [0.15, 0.2) is 5.13 Å². The number of thiazole rings is 1. The number of aromatic nitrogens is 1. The van der Waals surface area contributed by atoms with Crippen LogP contribution >= 0.6 is 22.9 Å². The van der Waals surface area contributed by atoms with E-state index in [1.165, 1.54) is 12.1 Å². The standard InChI is InChI=1S/C16H12ClFN2S/c17-12-3-7-14(8-4-12)20-16-19-10-15(21-16)9-11-1-5-13(18)6-2-11/h1-8,10H,9H2,(H,19,20). The molecule has 2 nitrogen and oxygen atoms in total. The third-order valence-corrected chi connectivity index (χ3v) is 4.11. The van der Waals surface area contributed by atoms with Crippen LogP contribution in [0.5, 0.6) is 0 Å². The number of hydrogen-bond acceptors (Lipinski definition) is 3. The molecule has 1 N–H and O–H groups in total. The zero-order valence-electron chi connectivity index (χ0n) is 11.0. The van der Waals surface area contributed by atoms with E-state index in [9.17, 15) is 4.39 Å². The molecule has 1 heterocycles. The molecule has 0 aliphatic heterocycles. The van der Waals surface area contributed by atoms with Crippen LogP contribution in [-0.2, 0) is 6.42 Å². The van der Waals surface area contributed by atoms with Crippen molar-refractivity contribution in [3.8, 4) is 0 Å². The minimum Gasteiger partial charge on any atom is -0.332 e. The molecule has 21 heavy (non-hydrogen) atoms. The zero-order valence-corrected chi connectivity index (χ0v) is 12.6. The van der Waals surface area contributed by atoms with Gasteiger partial charge in [0, 0.05) is 28.2 Å². The van der Waals surface area contributed by atoms with Crippen LogP contribution in [0.1, 0.15) is 10.4 Å². The first-order valence-electron chi connectivity index (χ1n) is 6.41. The summed E-state index contributed by atoms with van der Waals surface area (Å²) in [5.41, 5.74) is 2.01. The van der Waals surface area contributed by atoms with E-state index in [0.29, 0.717) is 5.02 Å². The minimum absolute atomic E-state index is 0.215. The molecule has 2 aromatic carbocycles. The molecular formula is C16H12ClFN2S. The Hall–Kier alpha value is -1.91. The van der Waals surface area contributed by atoms with E-state index >= 15 is 0 Å². The van der Waals surface area contributed by atoms with Crippen molar-refractivity contribution < 1.29 is 4.39 Å². The van der Waals surface area contributed by atoms with Crippen LogP contribution < -0.4 is 5.32 Å². The predicted octanol–water partition coefficient (Wildman–Crippen LogP) is 5.27. The summed E-state index contributed by atoms with van der Waals surface area (Å²) in [5.74, 6) is -0.215. The van der Waals surface area contributed by atoms with Crippen LogP contribution in [0.15, 0.2) is 54.7 Å². The highest BCUT2D eigenvalue weighted by Crippen LogP contribution is 2.25. The number of halogens is 2. The molecule has 3 aromatic rings. The van der Waals surface area contributed by atoms with E-state index in [1.54, 1.807) is 23.5 Å². The second kappa shape index (κ2) is 6.24. The Morgan fingerprint density at radius 3 is 2.48 bits per heavy atom. The number of rotatable bonds is 4. The molecule has 5 heteroatoms. The average molecular weight is 319 g/mol. The highest BCUT2D eigenvalue weighted by molar-refractivity contribution is 7.15. The van der Waals surface area contributed by atoms with Gasteiger partial charge in [-0.25, -0.2) is 9.37 Å². The van der Waals surface area contributed by atoms with E-state index in [0.717, 1.165) is 27.7 Å². The molecule has 0 saturated carbocycles. The second-order valence-corrected chi connectivity index (χ2v) is 6.12. The normalized spacial score (nSPS) is 10.6. The number of benzene rings is 2. The molecule has 0 unspecified atom stereocenters. The Labute approximate surface area is 131 Å². The van der Waals surface area contributed by atoms with Gasteiger partial charge in [0.2, 0.25) is 0 Å². The van der Waals surface area contributed by atoms with E-state index in [-0.39, 0.29) is 5.82 Å². The number of anilines is 2. The van der Waals surface area contributed by atoms with E-state index < -0.39 is 0 Å². The molecule has 0 saturated heterocycles. The summed E-state index contributed by atoms with van der Waals surface area (Å²) in [6.45, 7) is 0. The Morgan fingerprint density at radius 2 is 1.76 bits per heavy atom. The highest BCUT2D eigenvalue weighted by atomic mass is 35.5. The average Bonchev–Trinajstić information content (AvgIpc) is 2.91. The lowest BCUT2D eigenvalue weighted by atomic mass is 10.1. The topological polar surface area (TPSA) is 24.9 Å². The third kappa shape index (κ3) is 3.80. The first-order chi connectivity index (χ1) is 10.2. The molecule has 0 aliphatic rings. The fourth-order valence-electron chi connectivity index (χ4n) is 1.91. The molecule has 3 rings (SSSR count). The molecule has 0 spiro atoms. The fourth-order valence-corrected chi connectivity index (χ4v) is 2.90. The molecular weight excluding hydrogens is 307 g/mol. The summed E-state index contributed by atoms with van der Waals surface area (Å²) >= 11 is 7.43. The molecule has 0 amide bonds. The third-order valence-electron chi connectivity index (χ3n) is 2.94. The van der Waals surface area contributed by atoms with Gasteiger partial charge in [0.25, 0.3) is 0 Å². The van der Waals surface area contributed by atoms with Gasteiger partial charge in [-0.3, -0.25) is 0 Å². The lowest BCUT2D eigenvalue weighted by Crippen LogP contribution is -1.87. The highest BCUT2D eigenvalue weighted by Gasteiger charge is 2.04. The largest absolute Gasteiger partial charge is 0.332 e. The van der Waals surface area contributed by atoms with Crippen molar-refractivity contribution in [1.82, 2.24) is 4.98 Å². The summed E-state index contributed by atoms with van der Waals surface area (Å²) in [5, 5.41) is 4.77. The van der Waals surface area contributed by atoms with Gasteiger partial charge >= 0.3 is 0 Å². The van der Waals surface area contributed by atoms with Crippen molar-refractivity contribution in [3.05, 3.63) is 76.0 Å². The maximum absolute atomic E-state index is 12.9. The summed E-state index contributed by atoms with van der Waals surface area (Å²) in [6, 6.07) is 14.0. The van der Waals surface area contributed by atoms with Crippen LogP contribution in [0.4, 0.5) is 15.2 Å². The predicted molar refractivity (Wildman–Crippen MR) is 86.1 cm³/mol. The fraction of sp³-hybridized carbons (Fsp3) is 0.0625. The van der Waals surface area contributed by atoms with Crippen LogP contribution in [0.2, 0.25) is 5.02 Å². The maximum Gasteiger partial charge on any atom is 0.187 e. The Kier molecular flexibility index (Phi) is 4.18. The maximum atomic E-state index is 12.9. The van der Waals surface area contributed by atoms with Crippen LogP contribution in [0.25, 0.3) is 0 Å². The lowest BCUT2D eigenvalue weighted by molar-refractivity contribution is 0.627. The molecule has 0 atom stereocenters. The first-order valence-corrected chi connectivity index (χ1v) is 7.60. The van der Waals surface area contributed by atoms with Crippen molar-refractivity contribution in [2.75, 3.05) is 5.32 Å². The quantitative estimate of drug-likeness (QED) is 0.708. The Morgan fingerprint density at radius 1 is 1.05 bits per heavy atom. The van der Waals surface area contributed by atoms with Gasteiger partial charge < -0.3 is 5.32 Å². The first kappa shape index (κ1) is 14.0. The Balaban J connectivity index is 1.68. The number of nitrogens with zero attached hydrogens (tertiary/aromatic N) is 1. The smallest absolute Gasteiger partial charge is 0.187 e. The van der Waals surface area contributed by atoms with E-state index in [1.807, 2.05) is 30.5 Å². The number of hydrogen-bond donors (Lipinski definition) is 1. The van der Waals surface area contributed by atoms with Gasteiger partial charge in [-0.1, -0.05) is 23.7 Å². The molecule has 1 aromatic heterocycles. The van der Waals surface area contributed by atoms with Gasteiger partial charge in [0.1, 0.15) is 5.82 Å². The second-order valence-electron chi connectivity index (χ2n) is 4.57. The van der Waals surface area contributed by atoms with Crippen molar-refractivity contribution in [2.45, 2.75) is 6.42 Å². The molecule has 0 aliphatic carbocycles. The van der Waals surface area contributed by atoms with E-state index in [2.05, 4.69) is 10.3 Å². The van der Waals surface area contributed by atoms with Crippen LogP contribution in [0.3, 0.4) is 0 Å². The van der Waals surface area contributed by atoms with Gasteiger partial charge in [-0.15, -0.1) is 11.3 Å². The van der Waals surface area contributed by atoms with Gasteiger partial charge in [-0.05, 0) is 42.0 Å². The van der Waals surface area contributed by atoms with Crippen LogP contribution in [-0.4, -0.2) is 4.98 Å². The summed E-state index contributed by atoms with van der Waals surface area (Å²) in [4.78, 5) is 5.47. The summed E-state index contributed by atoms with van der Waals surface area (Å²) in [7, 11) is 0. The van der Waals surface area contributed by atoms with Crippen molar-refractivity contribution in [2.24, 2.45) is 0 Å². The van der Waals surface area contributed by atoms with Crippen molar-refractivity contribution >= 4 is 33.8 Å². The van der Waals surface area contributed by atoms with Crippen molar-refractivity contribution in [3.63, 3.8) is 0 Å². The SMILES string of the molecule is Fc1ccc(Cc2cnc(Nc3ccc(Cl)cc3)s2)cc1. The summed E-state index contributed by atoms with van der Waals surface area (Å²) < 4.78 is 12.9. The van der Waals surface area contributed by atoms with Gasteiger partial charge in [0.05, 0.1) is 0 Å². The zero-order chi connectivity index (χ0) is 14.7. The molecule has 106 valence electrons. The molecule has 0 fully saturated rings. The number of nitrogens with one attached hydrogen (secondary N) is 1. The Bertz CT molecular complexity index is 661. The monoisotopic (exact) mass is 318 g/mol. The van der Waals surface area contributed by atoms with Crippen molar-refractivity contribution in [1.29, 1.82) is 0 Å². The van der Waals surface area contributed by atoms with Gasteiger partial charge in [-0.2, -0.15) is 0 Å². The summed E-state index contributed by atoms with van der Waals surface area (Å²) in [6.07, 6.45) is 2.59. The molecule has 0 radical (unpaired) electrons.